The molecule has 0 amide bonds. The summed E-state index contributed by atoms with van der Waals surface area (Å²) in [5, 5.41) is 23.1. The third kappa shape index (κ3) is 3.82. The molecule has 1 saturated carbocycles. The molecule has 3 heterocycles. The number of nitrogens with one attached hydrogen (secondary N) is 1. The number of aliphatic hydroxyl groups is 1. The van der Waals surface area contributed by atoms with Crippen LogP contribution in [0, 0.1) is 11.3 Å². The minimum Gasteiger partial charge on any atom is -0.444 e. The second-order valence-corrected chi connectivity index (χ2v) is 8.23. The molecule has 1 aliphatic carbocycles. The van der Waals surface area contributed by atoms with Crippen LogP contribution in [0.1, 0.15) is 37.9 Å². The molecular weight excluding hydrogens is 415 g/mol. The van der Waals surface area contributed by atoms with E-state index in [1.807, 2.05) is 6.07 Å². The maximum absolute atomic E-state index is 13.5. The lowest BCUT2D eigenvalue weighted by molar-refractivity contribution is -0.0178. The average Bonchev–Trinajstić information content (AvgIpc) is 3.11. The summed E-state index contributed by atoms with van der Waals surface area (Å²) < 4.78 is 19.7. The van der Waals surface area contributed by atoms with E-state index in [4.69, 9.17) is 9.68 Å². The number of piperidine rings is 1. The fraction of sp³-hybridized carbons (Fsp3) is 0.579. The molecule has 2 fully saturated rings. The van der Waals surface area contributed by atoms with E-state index < -0.39 is 12.3 Å². The van der Waals surface area contributed by atoms with Crippen LogP contribution in [0.4, 0.5) is 10.2 Å². The van der Waals surface area contributed by atoms with Crippen molar-refractivity contribution in [3.63, 3.8) is 0 Å². The van der Waals surface area contributed by atoms with Crippen molar-refractivity contribution in [3.05, 3.63) is 22.5 Å². The van der Waals surface area contributed by atoms with E-state index >= 15 is 0 Å². The molecule has 6 nitrogen and oxygen atoms in total. The lowest BCUT2D eigenvalue weighted by atomic mass is 9.88. The minimum atomic E-state index is -1.08. The number of aromatic nitrogens is 1. The van der Waals surface area contributed by atoms with E-state index in [0.717, 1.165) is 47.9 Å². The van der Waals surface area contributed by atoms with Crippen molar-refractivity contribution in [1.82, 2.24) is 9.88 Å². The van der Waals surface area contributed by atoms with Crippen LogP contribution in [0.5, 0.6) is 0 Å². The van der Waals surface area contributed by atoms with Gasteiger partial charge in [0, 0.05) is 36.6 Å². The summed E-state index contributed by atoms with van der Waals surface area (Å²) in [5.74, 6) is 1.02. The van der Waals surface area contributed by atoms with Crippen LogP contribution in [0.2, 0.25) is 0 Å². The number of hydrogen-bond acceptors (Lipinski definition) is 6. The number of nitrogens with zero attached hydrogens (tertiary/aromatic N) is 3. The number of furan rings is 1. The second-order valence-electron chi connectivity index (χ2n) is 7.44. The molecule has 0 aromatic carbocycles. The molecule has 2 N–H and O–H groups in total. The Balaban J connectivity index is 1.37. The van der Waals surface area contributed by atoms with Gasteiger partial charge >= 0.3 is 0 Å². The highest BCUT2D eigenvalue weighted by atomic mass is 79.9. The van der Waals surface area contributed by atoms with Gasteiger partial charge in [0.15, 0.2) is 5.58 Å². The summed E-state index contributed by atoms with van der Waals surface area (Å²) in [6, 6.07) is 4.44. The number of halogens is 2. The Labute approximate surface area is 165 Å². The molecule has 27 heavy (non-hydrogen) atoms. The smallest absolute Gasteiger partial charge is 0.204 e. The van der Waals surface area contributed by atoms with Crippen LogP contribution >= 0.6 is 15.9 Å². The minimum absolute atomic E-state index is 0.268. The number of nitriles is 1. The van der Waals surface area contributed by atoms with Gasteiger partial charge in [0.2, 0.25) is 5.76 Å². The molecule has 4 rings (SSSR count). The van der Waals surface area contributed by atoms with Crippen molar-refractivity contribution < 1.29 is 13.9 Å². The number of rotatable bonds is 3. The Hall–Kier alpha value is -1.69. The zero-order valence-corrected chi connectivity index (χ0v) is 16.5. The van der Waals surface area contributed by atoms with E-state index in [1.54, 1.807) is 12.3 Å². The fourth-order valence-electron chi connectivity index (χ4n) is 4.17. The van der Waals surface area contributed by atoms with Crippen LogP contribution in [0.25, 0.3) is 11.0 Å². The van der Waals surface area contributed by atoms with Gasteiger partial charge in [0.05, 0.1) is 16.8 Å². The first-order chi connectivity index (χ1) is 13.0. The number of fused-ring (bicyclic) bond motifs is 1. The van der Waals surface area contributed by atoms with Crippen LogP contribution in [-0.2, 0) is 0 Å². The van der Waals surface area contributed by atoms with Crippen molar-refractivity contribution in [2.75, 3.05) is 18.4 Å². The SMILES string of the molecule is N#Cc1cc2c(Br)c(NC3CCC(N4CC[C@@H](F)C(O)C4)CC3)ncc2o1. The second kappa shape index (κ2) is 7.74. The highest BCUT2D eigenvalue weighted by Gasteiger charge is 2.33. The predicted molar refractivity (Wildman–Crippen MR) is 103 cm³/mol. The molecule has 0 spiro atoms. The first kappa shape index (κ1) is 18.7. The van der Waals surface area contributed by atoms with Crippen LogP contribution in [0.3, 0.4) is 0 Å². The standard InChI is InChI=1S/C19H22BrFN4O2/c20-18-14-7-13(8-22)27-17(14)9-23-19(18)24-11-1-3-12(4-2-11)25-6-5-15(21)16(26)10-25/h7,9,11-12,15-16,26H,1-6,10H2,(H,23,24)/t11?,12?,15-,16?/m1/s1. The van der Waals surface area contributed by atoms with Crippen LogP contribution in [-0.4, -0.2) is 52.4 Å². The normalized spacial score (nSPS) is 29.6. The quantitative estimate of drug-likeness (QED) is 0.764. The molecular formula is C19H22BrFN4O2. The summed E-state index contributed by atoms with van der Waals surface area (Å²) in [6.45, 7) is 1.17. The Bertz CT molecular complexity index is 859. The number of anilines is 1. The van der Waals surface area contributed by atoms with Gasteiger partial charge in [-0.2, -0.15) is 5.26 Å². The Kier molecular flexibility index (Phi) is 5.35. The third-order valence-corrected chi connectivity index (χ3v) is 6.51. The van der Waals surface area contributed by atoms with Gasteiger partial charge in [0.25, 0.3) is 0 Å². The first-order valence-electron chi connectivity index (χ1n) is 9.36. The third-order valence-electron chi connectivity index (χ3n) is 5.71. The number of hydrogen-bond donors (Lipinski definition) is 2. The van der Waals surface area contributed by atoms with Crippen LogP contribution in [0.15, 0.2) is 21.2 Å². The predicted octanol–water partition coefficient (Wildman–Crippen LogP) is 3.59. The highest BCUT2D eigenvalue weighted by Crippen LogP contribution is 2.34. The van der Waals surface area contributed by atoms with Gasteiger partial charge in [-0.05, 0) is 48.0 Å². The number of β-amino-alcohol motifs (C(OH)–C–C–N with tert-alkyl or cyclic N) is 1. The number of pyridine rings is 1. The maximum atomic E-state index is 13.5. The molecule has 0 radical (unpaired) electrons. The van der Waals surface area contributed by atoms with E-state index in [2.05, 4.69) is 31.1 Å². The molecule has 2 atom stereocenters. The summed E-state index contributed by atoms with van der Waals surface area (Å²) in [6.07, 6.45) is 4.16. The number of alkyl halides is 1. The van der Waals surface area contributed by atoms with Crippen molar-refractivity contribution >= 4 is 32.7 Å². The van der Waals surface area contributed by atoms with E-state index in [9.17, 15) is 9.50 Å². The average molecular weight is 437 g/mol. The van der Waals surface area contributed by atoms with Crippen LogP contribution < -0.4 is 5.32 Å². The van der Waals surface area contributed by atoms with Crippen molar-refractivity contribution in [3.8, 4) is 6.07 Å². The van der Waals surface area contributed by atoms with Crippen molar-refractivity contribution in [1.29, 1.82) is 5.26 Å². The van der Waals surface area contributed by atoms with Gasteiger partial charge in [-0.1, -0.05) is 0 Å². The zero-order chi connectivity index (χ0) is 19.0. The van der Waals surface area contributed by atoms with E-state index in [-0.39, 0.29) is 5.76 Å². The molecule has 1 aliphatic heterocycles. The molecule has 8 heteroatoms. The highest BCUT2D eigenvalue weighted by molar-refractivity contribution is 9.10. The Morgan fingerprint density at radius 2 is 2.11 bits per heavy atom. The molecule has 1 saturated heterocycles. The monoisotopic (exact) mass is 436 g/mol. The summed E-state index contributed by atoms with van der Waals surface area (Å²) in [4.78, 5) is 6.67. The van der Waals surface area contributed by atoms with Crippen molar-refractivity contribution in [2.24, 2.45) is 0 Å². The molecule has 2 aromatic rings. The van der Waals surface area contributed by atoms with E-state index in [0.29, 0.717) is 30.6 Å². The number of likely N-dealkylation sites (tertiary alicyclic amines) is 1. The van der Waals surface area contributed by atoms with E-state index in [1.165, 1.54) is 0 Å². The summed E-state index contributed by atoms with van der Waals surface area (Å²) in [5.41, 5.74) is 0.586. The molecule has 1 unspecified atom stereocenters. The van der Waals surface area contributed by atoms with Gasteiger partial charge in [-0.25, -0.2) is 9.37 Å². The molecule has 2 aliphatic rings. The zero-order valence-electron chi connectivity index (χ0n) is 14.9. The lowest BCUT2D eigenvalue weighted by Gasteiger charge is -2.41. The Morgan fingerprint density at radius 3 is 2.81 bits per heavy atom. The first-order valence-corrected chi connectivity index (χ1v) is 10.2. The van der Waals surface area contributed by atoms with Gasteiger partial charge in [-0.3, -0.25) is 4.90 Å². The number of aliphatic hydroxyl groups excluding tert-OH is 1. The van der Waals surface area contributed by atoms with Gasteiger partial charge < -0.3 is 14.8 Å². The summed E-state index contributed by atoms with van der Waals surface area (Å²) >= 11 is 3.57. The van der Waals surface area contributed by atoms with Gasteiger partial charge in [0.1, 0.15) is 18.1 Å². The fourth-order valence-corrected chi connectivity index (χ4v) is 4.70. The lowest BCUT2D eigenvalue weighted by Crippen LogP contribution is -2.50. The summed E-state index contributed by atoms with van der Waals surface area (Å²) in [7, 11) is 0. The molecule has 144 valence electrons. The topological polar surface area (TPSA) is 85.3 Å². The molecule has 0 bridgehead atoms. The Morgan fingerprint density at radius 1 is 1.33 bits per heavy atom. The maximum Gasteiger partial charge on any atom is 0.204 e. The largest absolute Gasteiger partial charge is 0.444 e. The van der Waals surface area contributed by atoms with Crippen molar-refractivity contribution in [2.45, 2.75) is 56.5 Å². The molecule has 2 aromatic heterocycles. The van der Waals surface area contributed by atoms with Gasteiger partial charge in [-0.15, -0.1) is 0 Å².